The number of hydrogen-bond acceptors (Lipinski definition) is 4. The molecule has 2 rings (SSSR count). The van der Waals surface area contributed by atoms with Crippen molar-refractivity contribution in [3.63, 3.8) is 0 Å². The number of nitrogens with zero attached hydrogens (tertiary/aromatic N) is 1. The Kier molecular flexibility index (Phi) is 6.30. The Morgan fingerprint density at radius 2 is 1.95 bits per heavy atom. The molecule has 0 amide bonds. The first-order chi connectivity index (χ1) is 9.85. The maximum Gasteiger partial charge on any atom is 0.0589 e. The zero-order chi connectivity index (χ0) is 14.2. The SMILES string of the molecule is COCCCN(CCOC)C1CNc2ccccc2C1. The number of methoxy groups -OCH3 is 2. The van der Waals surface area contributed by atoms with Crippen molar-refractivity contribution in [3.05, 3.63) is 29.8 Å². The highest BCUT2D eigenvalue weighted by atomic mass is 16.5. The number of ether oxygens (including phenoxy) is 2. The molecular weight excluding hydrogens is 252 g/mol. The van der Waals surface area contributed by atoms with E-state index in [0.717, 1.165) is 45.7 Å². The Hall–Kier alpha value is -1.10. The number of benzene rings is 1. The molecule has 20 heavy (non-hydrogen) atoms. The Morgan fingerprint density at radius 1 is 1.15 bits per heavy atom. The lowest BCUT2D eigenvalue weighted by Crippen LogP contribution is -2.46. The summed E-state index contributed by atoms with van der Waals surface area (Å²) in [5.41, 5.74) is 2.70. The summed E-state index contributed by atoms with van der Waals surface area (Å²) in [6, 6.07) is 9.13. The molecule has 0 saturated heterocycles. The third-order valence-corrected chi connectivity index (χ3v) is 3.89. The molecule has 1 aliphatic rings. The number of nitrogens with one attached hydrogen (secondary N) is 1. The molecule has 0 saturated carbocycles. The molecule has 0 aromatic heterocycles. The normalized spacial score (nSPS) is 17.9. The fraction of sp³-hybridized carbons (Fsp3) is 0.625. The summed E-state index contributed by atoms with van der Waals surface area (Å²) in [6.07, 6.45) is 2.18. The number of para-hydroxylation sites is 1. The molecule has 0 spiro atoms. The third kappa shape index (κ3) is 4.20. The van der Waals surface area contributed by atoms with Crippen molar-refractivity contribution in [1.82, 2.24) is 4.90 Å². The van der Waals surface area contributed by atoms with E-state index in [1.54, 1.807) is 14.2 Å². The van der Waals surface area contributed by atoms with E-state index in [0.29, 0.717) is 6.04 Å². The van der Waals surface area contributed by atoms with Gasteiger partial charge in [0, 0.05) is 52.2 Å². The molecule has 1 N–H and O–H groups in total. The summed E-state index contributed by atoms with van der Waals surface area (Å²) in [5.74, 6) is 0. The third-order valence-electron chi connectivity index (χ3n) is 3.89. The van der Waals surface area contributed by atoms with Crippen molar-refractivity contribution < 1.29 is 9.47 Å². The maximum atomic E-state index is 5.25. The number of anilines is 1. The second-order valence-electron chi connectivity index (χ2n) is 5.27. The molecule has 0 radical (unpaired) electrons. The van der Waals surface area contributed by atoms with E-state index in [9.17, 15) is 0 Å². The zero-order valence-corrected chi connectivity index (χ0v) is 12.6. The van der Waals surface area contributed by atoms with E-state index < -0.39 is 0 Å². The standard InChI is InChI=1S/C16H26N2O2/c1-19-10-5-8-18(9-11-20-2)15-12-14-6-3-4-7-16(14)17-13-15/h3-4,6-7,15,17H,5,8-13H2,1-2H3. The second-order valence-corrected chi connectivity index (χ2v) is 5.27. The van der Waals surface area contributed by atoms with Crippen LogP contribution in [0.25, 0.3) is 0 Å². The molecule has 1 aromatic carbocycles. The van der Waals surface area contributed by atoms with Gasteiger partial charge in [-0.1, -0.05) is 18.2 Å². The molecule has 0 aliphatic carbocycles. The average molecular weight is 278 g/mol. The Balaban J connectivity index is 1.95. The van der Waals surface area contributed by atoms with Gasteiger partial charge in [0.25, 0.3) is 0 Å². The van der Waals surface area contributed by atoms with Crippen LogP contribution < -0.4 is 5.32 Å². The minimum absolute atomic E-state index is 0.539. The molecule has 0 bridgehead atoms. The summed E-state index contributed by atoms with van der Waals surface area (Å²) in [4.78, 5) is 2.52. The van der Waals surface area contributed by atoms with Crippen LogP contribution in [0, 0.1) is 0 Å². The van der Waals surface area contributed by atoms with Gasteiger partial charge < -0.3 is 14.8 Å². The zero-order valence-electron chi connectivity index (χ0n) is 12.6. The lowest BCUT2D eigenvalue weighted by molar-refractivity contribution is 0.108. The molecule has 1 aliphatic heterocycles. The van der Waals surface area contributed by atoms with Crippen molar-refractivity contribution in [3.8, 4) is 0 Å². The van der Waals surface area contributed by atoms with Crippen LogP contribution in [0.5, 0.6) is 0 Å². The molecule has 4 heteroatoms. The first kappa shape index (κ1) is 15.3. The minimum Gasteiger partial charge on any atom is -0.385 e. The Labute approximate surface area is 122 Å². The maximum absolute atomic E-state index is 5.25. The predicted molar refractivity (Wildman–Crippen MR) is 82.4 cm³/mol. The monoisotopic (exact) mass is 278 g/mol. The Bertz CT molecular complexity index is 398. The number of fused-ring (bicyclic) bond motifs is 1. The topological polar surface area (TPSA) is 33.7 Å². The van der Waals surface area contributed by atoms with Gasteiger partial charge in [0.05, 0.1) is 6.61 Å². The number of rotatable bonds is 8. The van der Waals surface area contributed by atoms with Gasteiger partial charge in [-0.25, -0.2) is 0 Å². The summed E-state index contributed by atoms with van der Waals surface area (Å²) >= 11 is 0. The fourth-order valence-corrected chi connectivity index (χ4v) is 2.78. The van der Waals surface area contributed by atoms with E-state index in [1.165, 1.54) is 11.3 Å². The van der Waals surface area contributed by atoms with Crippen LogP contribution >= 0.6 is 0 Å². The summed E-state index contributed by atoms with van der Waals surface area (Å²) in [5, 5.41) is 3.55. The van der Waals surface area contributed by atoms with Crippen LogP contribution in [0.15, 0.2) is 24.3 Å². The van der Waals surface area contributed by atoms with E-state index in [-0.39, 0.29) is 0 Å². The van der Waals surface area contributed by atoms with E-state index in [1.807, 2.05) is 0 Å². The van der Waals surface area contributed by atoms with E-state index in [4.69, 9.17) is 9.47 Å². The van der Waals surface area contributed by atoms with Crippen LogP contribution in [0.4, 0.5) is 5.69 Å². The van der Waals surface area contributed by atoms with Crippen LogP contribution in [-0.2, 0) is 15.9 Å². The molecule has 4 nitrogen and oxygen atoms in total. The van der Waals surface area contributed by atoms with Crippen LogP contribution in [0.1, 0.15) is 12.0 Å². The molecule has 1 heterocycles. The van der Waals surface area contributed by atoms with Gasteiger partial charge in [0.1, 0.15) is 0 Å². The van der Waals surface area contributed by atoms with Crippen LogP contribution in [0.2, 0.25) is 0 Å². The van der Waals surface area contributed by atoms with Gasteiger partial charge in [0.15, 0.2) is 0 Å². The molecule has 1 unspecified atom stereocenters. The smallest absolute Gasteiger partial charge is 0.0589 e. The lowest BCUT2D eigenvalue weighted by atomic mass is 9.98. The van der Waals surface area contributed by atoms with Gasteiger partial charge in [-0.15, -0.1) is 0 Å². The lowest BCUT2D eigenvalue weighted by Gasteiger charge is -2.35. The molecule has 112 valence electrons. The molecule has 0 fully saturated rings. The first-order valence-electron chi connectivity index (χ1n) is 7.39. The van der Waals surface area contributed by atoms with Gasteiger partial charge in [-0.3, -0.25) is 4.90 Å². The predicted octanol–water partition coefficient (Wildman–Crippen LogP) is 2.01. The summed E-state index contributed by atoms with van der Waals surface area (Å²) < 4.78 is 10.4. The van der Waals surface area contributed by atoms with E-state index in [2.05, 4.69) is 34.5 Å². The molecular formula is C16H26N2O2. The quantitative estimate of drug-likeness (QED) is 0.738. The van der Waals surface area contributed by atoms with Crippen LogP contribution in [0.3, 0.4) is 0 Å². The van der Waals surface area contributed by atoms with Crippen molar-refractivity contribution in [1.29, 1.82) is 0 Å². The van der Waals surface area contributed by atoms with Gasteiger partial charge in [0.2, 0.25) is 0 Å². The molecule has 1 atom stereocenters. The van der Waals surface area contributed by atoms with Crippen molar-refractivity contribution >= 4 is 5.69 Å². The largest absolute Gasteiger partial charge is 0.385 e. The van der Waals surface area contributed by atoms with Crippen molar-refractivity contribution in [2.45, 2.75) is 18.9 Å². The average Bonchev–Trinajstić information content (AvgIpc) is 2.50. The fourth-order valence-electron chi connectivity index (χ4n) is 2.78. The number of hydrogen-bond donors (Lipinski definition) is 1. The van der Waals surface area contributed by atoms with Crippen molar-refractivity contribution in [2.75, 3.05) is 52.4 Å². The van der Waals surface area contributed by atoms with Gasteiger partial charge in [-0.2, -0.15) is 0 Å². The van der Waals surface area contributed by atoms with Crippen molar-refractivity contribution in [2.24, 2.45) is 0 Å². The first-order valence-corrected chi connectivity index (χ1v) is 7.39. The highest BCUT2D eigenvalue weighted by molar-refractivity contribution is 5.53. The second kappa shape index (κ2) is 8.25. The highest BCUT2D eigenvalue weighted by Gasteiger charge is 2.23. The van der Waals surface area contributed by atoms with E-state index >= 15 is 0 Å². The molecule has 1 aromatic rings. The Morgan fingerprint density at radius 3 is 2.75 bits per heavy atom. The summed E-state index contributed by atoms with van der Waals surface area (Å²) in [6.45, 7) is 4.65. The highest BCUT2D eigenvalue weighted by Crippen LogP contribution is 2.23. The van der Waals surface area contributed by atoms with Gasteiger partial charge in [-0.05, 0) is 24.5 Å². The minimum atomic E-state index is 0.539. The summed E-state index contributed by atoms with van der Waals surface area (Å²) in [7, 11) is 3.53. The van der Waals surface area contributed by atoms with Gasteiger partial charge >= 0.3 is 0 Å². The van der Waals surface area contributed by atoms with Crippen LogP contribution in [-0.4, -0.2) is 58.0 Å².